The van der Waals surface area contributed by atoms with Crippen molar-refractivity contribution in [2.75, 3.05) is 38.1 Å². The molecular weight excluding hydrogens is 375 g/mol. The topological polar surface area (TPSA) is 61.7 Å². The molecule has 1 aromatic carbocycles. The number of rotatable bonds is 3. The molecule has 0 spiro atoms. The molecule has 0 radical (unpaired) electrons. The van der Waals surface area contributed by atoms with E-state index in [1.807, 2.05) is 0 Å². The van der Waals surface area contributed by atoms with E-state index in [1.54, 1.807) is 33.9 Å². The molecule has 148 valence electrons. The molecule has 0 atom stereocenters. The molecule has 28 heavy (non-hydrogen) atoms. The van der Waals surface area contributed by atoms with Crippen LogP contribution in [0, 0.1) is 0 Å². The summed E-state index contributed by atoms with van der Waals surface area (Å²) < 4.78 is 41.0. The van der Waals surface area contributed by atoms with Gasteiger partial charge >= 0.3 is 12.2 Å². The fourth-order valence-corrected chi connectivity index (χ4v) is 3.43. The number of carbonyl (C=O) groups excluding carboxylic acids is 2. The minimum atomic E-state index is -4.58. The van der Waals surface area contributed by atoms with Crippen molar-refractivity contribution in [2.45, 2.75) is 12.2 Å². The smallest absolute Gasteiger partial charge is 0.334 e. The molecule has 2 fully saturated rings. The Morgan fingerprint density at radius 1 is 1.18 bits per heavy atom. The third-order valence-corrected chi connectivity index (χ3v) is 5.10. The van der Waals surface area contributed by atoms with Gasteiger partial charge in [0.15, 0.2) is 0 Å². The molecule has 0 unspecified atom stereocenters. The summed E-state index contributed by atoms with van der Waals surface area (Å²) in [6.07, 6.45) is -1.27. The Labute approximate surface area is 158 Å². The summed E-state index contributed by atoms with van der Waals surface area (Å²) in [6, 6.07) is 4.55. The van der Waals surface area contributed by atoms with E-state index < -0.39 is 17.6 Å². The van der Waals surface area contributed by atoms with Gasteiger partial charge in [-0.25, -0.2) is 4.79 Å². The minimum absolute atomic E-state index is 0.103. The summed E-state index contributed by atoms with van der Waals surface area (Å²) in [7, 11) is 1.72. The maximum atomic E-state index is 13.1. The number of hydrogen-bond acceptors (Lipinski definition) is 3. The zero-order valence-electron chi connectivity index (χ0n) is 15.1. The minimum Gasteiger partial charge on any atom is -0.334 e. The third-order valence-electron chi connectivity index (χ3n) is 5.10. The first-order valence-corrected chi connectivity index (χ1v) is 8.78. The van der Waals surface area contributed by atoms with Crippen LogP contribution in [0.2, 0.25) is 0 Å². The van der Waals surface area contributed by atoms with Crippen molar-refractivity contribution in [2.24, 2.45) is 0 Å². The van der Waals surface area contributed by atoms with Gasteiger partial charge in [-0.2, -0.15) is 18.3 Å². The molecule has 0 N–H and O–H groups in total. The van der Waals surface area contributed by atoms with Gasteiger partial charge in [0.25, 0.3) is 5.91 Å². The molecule has 2 aromatic rings. The highest BCUT2D eigenvalue weighted by Crippen LogP contribution is 2.34. The van der Waals surface area contributed by atoms with Gasteiger partial charge < -0.3 is 9.80 Å². The molecule has 2 aliphatic rings. The molecule has 0 bridgehead atoms. The third kappa shape index (κ3) is 3.08. The van der Waals surface area contributed by atoms with Gasteiger partial charge in [-0.05, 0) is 12.1 Å². The highest BCUT2D eigenvalue weighted by atomic mass is 19.4. The second kappa shape index (κ2) is 6.54. The monoisotopic (exact) mass is 393 g/mol. The second-order valence-corrected chi connectivity index (χ2v) is 6.94. The summed E-state index contributed by atoms with van der Waals surface area (Å²) in [5.74, 6) is -0.645. The van der Waals surface area contributed by atoms with Gasteiger partial charge in [-0.3, -0.25) is 14.4 Å². The number of hydrogen-bond donors (Lipinski definition) is 0. The number of likely N-dealkylation sites (tertiary alicyclic amines) is 1. The number of carbonyl (C=O) groups is 2. The Morgan fingerprint density at radius 3 is 2.54 bits per heavy atom. The molecule has 1 aromatic heterocycles. The van der Waals surface area contributed by atoms with Gasteiger partial charge in [-0.15, -0.1) is 0 Å². The lowest BCUT2D eigenvalue weighted by Gasteiger charge is -2.39. The molecule has 10 heteroatoms. The second-order valence-electron chi connectivity index (χ2n) is 6.94. The predicted molar refractivity (Wildman–Crippen MR) is 94.0 cm³/mol. The normalized spacial score (nSPS) is 18.0. The van der Waals surface area contributed by atoms with E-state index in [2.05, 4.69) is 5.10 Å². The van der Waals surface area contributed by atoms with E-state index in [4.69, 9.17) is 0 Å². The van der Waals surface area contributed by atoms with Gasteiger partial charge in [0.05, 0.1) is 29.1 Å². The summed E-state index contributed by atoms with van der Waals surface area (Å²) >= 11 is 0. The molecule has 3 amide bonds. The summed E-state index contributed by atoms with van der Waals surface area (Å²) in [5.41, 5.74) is -0.608. The van der Waals surface area contributed by atoms with Crippen molar-refractivity contribution >= 4 is 17.6 Å². The fraction of sp³-hybridized carbons (Fsp3) is 0.389. The van der Waals surface area contributed by atoms with E-state index in [0.717, 1.165) is 6.07 Å². The molecule has 7 nitrogen and oxygen atoms in total. The summed E-state index contributed by atoms with van der Waals surface area (Å²) in [5, 5.41) is 4.25. The number of urea groups is 1. The van der Waals surface area contributed by atoms with Crippen molar-refractivity contribution in [3.63, 3.8) is 0 Å². The van der Waals surface area contributed by atoms with Crippen LogP contribution in [-0.4, -0.2) is 64.7 Å². The Kier molecular flexibility index (Phi) is 4.28. The van der Waals surface area contributed by atoms with E-state index in [9.17, 15) is 22.8 Å². The van der Waals surface area contributed by atoms with Gasteiger partial charge in [0.2, 0.25) is 0 Å². The van der Waals surface area contributed by atoms with E-state index in [-0.39, 0.29) is 30.7 Å². The maximum Gasteiger partial charge on any atom is 0.417 e. The largest absolute Gasteiger partial charge is 0.417 e. The zero-order chi connectivity index (χ0) is 20.1. The molecule has 3 heterocycles. The van der Waals surface area contributed by atoms with Gasteiger partial charge in [-0.1, -0.05) is 12.1 Å². The van der Waals surface area contributed by atoms with Crippen LogP contribution in [0.25, 0.3) is 0 Å². The van der Waals surface area contributed by atoms with Crippen LogP contribution in [0.4, 0.5) is 23.7 Å². The van der Waals surface area contributed by atoms with Crippen LogP contribution in [0.1, 0.15) is 22.0 Å². The first kappa shape index (κ1) is 18.3. The number of aromatic nitrogens is 2. The first-order chi connectivity index (χ1) is 13.3. The van der Waals surface area contributed by atoms with Crippen molar-refractivity contribution in [3.8, 4) is 0 Å². The molecule has 2 aliphatic heterocycles. The Hall–Kier alpha value is -3.04. The van der Waals surface area contributed by atoms with Gasteiger partial charge in [0.1, 0.15) is 0 Å². The number of halogens is 3. The molecule has 0 aliphatic carbocycles. The zero-order valence-corrected chi connectivity index (χ0v) is 15.1. The van der Waals surface area contributed by atoms with Crippen LogP contribution < -0.4 is 4.90 Å². The Balaban J connectivity index is 1.43. The lowest BCUT2D eigenvalue weighted by molar-refractivity contribution is -0.138. The molecule has 4 rings (SSSR count). The summed E-state index contributed by atoms with van der Waals surface area (Å²) in [6.45, 7) is 1.73. The van der Waals surface area contributed by atoms with Crippen LogP contribution in [0.5, 0.6) is 0 Å². The van der Waals surface area contributed by atoms with Crippen LogP contribution >= 0.6 is 0 Å². The number of anilines is 1. The maximum absolute atomic E-state index is 13.1. The highest BCUT2D eigenvalue weighted by molar-refractivity contribution is 5.96. The molecular formula is C18H18F3N5O2. The summed E-state index contributed by atoms with van der Waals surface area (Å²) in [4.78, 5) is 29.1. The lowest BCUT2D eigenvalue weighted by Crippen LogP contribution is -2.51. The van der Waals surface area contributed by atoms with Crippen LogP contribution in [-0.2, 0) is 6.18 Å². The number of benzene rings is 1. The Bertz CT molecular complexity index is 920. The average Bonchev–Trinajstić information content (AvgIpc) is 3.20. The quantitative estimate of drug-likeness (QED) is 0.805. The highest BCUT2D eigenvalue weighted by Gasteiger charge is 2.39. The molecule has 0 saturated carbocycles. The predicted octanol–water partition coefficient (Wildman–Crippen LogP) is 2.47. The number of likely N-dealkylation sites (N-methyl/N-ethyl adjacent to an activating group) is 1. The SMILES string of the molecule is CN1CCN(c2cnn(C3CN(C(=O)c4ccccc4C(F)(F)F)C3)c2)C1=O. The van der Waals surface area contributed by atoms with Crippen molar-refractivity contribution < 1.29 is 22.8 Å². The number of amides is 3. The first-order valence-electron chi connectivity index (χ1n) is 8.78. The van der Waals surface area contributed by atoms with E-state index >= 15 is 0 Å². The lowest BCUT2D eigenvalue weighted by atomic mass is 10.0. The fourth-order valence-electron chi connectivity index (χ4n) is 3.43. The van der Waals surface area contributed by atoms with Crippen LogP contribution in [0.15, 0.2) is 36.7 Å². The standard InChI is InChI=1S/C18H18F3N5O2/c1-23-6-7-25(17(23)28)12-8-22-26(11-12)13-9-24(10-13)16(27)14-4-2-3-5-15(14)18(19,20)21/h2-5,8,11,13H,6-7,9-10H2,1H3. The molecule has 2 saturated heterocycles. The van der Waals surface area contributed by atoms with Crippen molar-refractivity contribution in [1.29, 1.82) is 0 Å². The van der Waals surface area contributed by atoms with Crippen molar-refractivity contribution in [1.82, 2.24) is 19.6 Å². The van der Waals surface area contributed by atoms with Gasteiger partial charge in [0, 0.05) is 39.4 Å². The number of nitrogens with zero attached hydrogens (tertiary/aromatic N) is 5. The van der Waals surface area contributed by atoms with E-state index in [1.165, 1.54) is 23.1 Å². The Morgan fingerprint density at radius 2 is 1.89 bits per heavy atom. The van der Waals surface area contributed by atoms with Crippen LogP contribution in [0.3, 0.4) is 0 Å². The number of alkyl halides is 3. The van der Waals surface area contributed by atoms with E-state index in [0.29, 0.717) is 18.8 Å². The van der Waals surface area contributed by atoms with Crippen molar-refractivity contribution in [3.05, 3.63) is 47.8 Å². The average molecular weight is 393 g/mol.